The molecule has 6 aromatic carbocycles. The Labute approximate surface area is 414 Å². The molecule has 0 spiro atoms. The molecule has 0 radical (unpaired) electrons. The number of fused-ring (bicyclic) bond motifs is 8. The monoisotopic (exact) mass is 1110 g/mol. The van der Waals surface area contributed by atoms with Gasteiger partial charge in [-0.05, 0) is 0 Å². The van der Waals surface area contributed by atoms with E-state index < -0.39 is 17.6 Å². The summed E-state index contributed by atoms with van der Waals surface area (Å²) in [5.74, 6) is 6.65. The summed E-state index contributed by atoms with van der Waals surface area (Å²) >= 11 is -0.943. The molecule has 16 rings (SSSR count). The Morgan fingerprint density at radius 1 is 0.310 bits per heavy atom. The third-order valence-electron chi connectivity index (χ3n) is 14.3. The van der Waals surface area contributed by atoms with Gasteiger partial charge in [0.1, 0.15) is 0 Å². The number of benzene rings is 6. The van der Waals surface area contributed by atoms with Crippen LogP contribution < -0.4 is 0 Å². The maximum absolute atomic E-state index is 6.82. The van der Waals surface area contributed by atoms with Crippen molar-refractivity contribution < 1.29 is 36.6 Å². The van der Waals surface area contributed by atoms with Gasteiger partial charge in [-0.15, -0.1) is 0 Å². The molecule has 6 bridgehead atoms. The number of hydrogen-bond acceptors (Lipinski definition) is 14. The van der Waals surface area contributed by atoms with Crippen molar-refractivity contribution in [3.63, 3.8) is 0 Å². The molecule has 4 saturated heterocycles. The zero-order valence-electron chi connectivity index (χ0n) is 37.6. The summed E-state index contributed by atoms with van der Waals surface area (Å²) in [4.78, 5) is 40.5. The van der Waals surface area contributed by atoms with Gasteiger partial charge in [0.2, 0.25) is 0 Å². The first-order valence-corrected chi connectivity index (χ1v) is 26.0. The molecule has 8 aliphatic heterocycles. The second-order valence-corrected chi connectivity index (χ2v) is 21.0. The second-order valence-electron chi connectivity index (χ2n) is 18.4. The minimum atomic E-state index is -0.943. The van der Waals surface area contributed by atoms with Gasteiger partial charge in [0, 0.05) is 0 Å². The first-order chi connectivity index (χ1) is 35.1. The number of hydrogen-bond donors (Lipinski definition) is 0. The Kier molecular flexibility index (Phi) is 8.38. The first kappa shape index (κ1) is 39.5. The fourth-order valence-electron chi connectivity index (χ4n) is 10.9. The van der Waals surface area contributed by atoms with Crippen LogP contribution in [0.5, 0.6) is 0 Å². The van der Waals surface area contributed by atoms with Crippen molar-refractivity contribution >= 4 is 8.29 Å². The molecular weight excluding hydrogens is 1070 g/mol. The average molecular weight is 1110 g/mol. The van der Waals surface area contributed by atoms with Crippen LogP contribution in [0.1, 0.15) is 46.4 Å². The second kappa shape index (κ2) is 15.1. The topological polar surface area (TPSA) is 127 Å². The SMILES string of the molecule is c1ccc(-c2nc(-c3ccccc3)nc(-c3cc4cc(c3)C3COC5=C6OCC7c8cc(-c9nc(-c%10ccccc%10)nc(-c%10ccccc%10)n9)cc(c8)C8COC9=C%10OCC4N%10[C](=[Pt]=[C](N53)N67)N98)n2)cc1. The molecule has 4 fully saturated rings. The van der Waals surface area contributed by atoms with Gasteiger partial charge in [-0.25, -0.2) is 0 Å². The molecule has 8 aliphatic rings. The molecule has 0 aliphatic carbocycles. The zero-order chi connectivity index (χ0) is 46.3. The molecule has 0 saturated carbocycles. The summed E-state index contributed by atoms with van der Waals surface area (Å²) in [7, 11) is 0. The van der Waals surface area contributed by atoms with E-state index in [1.807, 2.05) is 121 Å². The van der Waals surface area contributed by atoms with E-state index in [4.69, 9.17) is 48.9 Å². The van der Waals surface area contributed by atoms with Crippen molar-refractivity contribution in [1.29, 1.82) is 0 Å². The van der Waals surface area contributed by atoms with Crippen molar-refractivity contribution in [2.45, 2.75) is 24.2 Å². The average Bonchev–Trinajstić information content (AvgIpc) is 4.31. The number of ether oxygens (including phenoxy) is 4. The van der Waals surface area contributed by atoms with Crippen LogP contribution >= 0.6 is 0 Å². The fourth-order valence-corrected chi connectivity index (χ4v) is 14.8. The molecular formula is C56H38N10O4Pt. The van der Waals surface area contributed by atoms with Gasteiger partial charge in [0.05, 0.1) is 0 Å². The standard InChI is InChI=1S/C56H38N10O4.Pt/c1-5-13-33(14-6-1)47-57-48(34-15-7-2-8-16-34)60-51(59-47)41-23-37-21-38(24-41)44-28-68-54-56-66(32-64(44)54)46(30-70-56)40-22-39(45-29-69-55-53-63(31-65(45)55)43(37)27-67-53)25-42(26-40)52-61-49(35-17-9-3-10-18-35)58-50(62-52)36-19-11-4-12-20-36;/h1-26,43-46H,27-30H2;. The number of nitrogens with zero attached hydrogens (tertiary/aromatic N) is 10. The van der Waals surface area contributed by atoms with E-state index in [2.05, 4.69) is 56.0 Å². The molecule has 10 heterocycles. The quantitative estimate of drug-likeness (QED) is 0.157. The van der Waals surface area contributed by atoms with Crippen molar-refractivity contribution in [2.75, 3.05) is 26.4 Å². The normalized spacial score (nSPS) is 21.5. The third-order valence-corrected chi connectivity index (χ3v) is 17.5. The van der Waals surface area contributed by atoms with Gasteiger partial charge in [-0.2, -0.15) is 0 Å². The Balaban J connectivity index is 0.881. The van der Waals surface area contributed by atoms with E-state index in [-0.39, 0.29) is 24.2 Å². The van der Waals surface area contributed by atoms with Gasteiger partial charge in [0.15, 0.2) is 0 Å². The van der Waals surface area contributed by atoms with Crippen molar-refractivity contribution in [3.05, 3.63) is 204 Å². The van der Waals surface area contributed by atoms with Gasteiger partial charge >= 0.3 is 393 Å². The van der Waals surface area contributed by atoms with Crippen LogP contribution in [0.3, 0.4) is 0 Å². The van der Waals surface area contributed by atoms with Crippen LogP contribution in [0.25, 0.3) is 68.3 Å². The molecule has 346 valence electrons. The predicted octanol–water partition coefficient (Wildman–Crippen LogP) is 8.82. The van der Waals surface area contributed by atoms with Gasteiger partial charge in [-0.1, -0.05) is 24.3 Å². The van der Waals surface area contributed by atoms with Crippen molar-refractivity contribution in [1.82, 2.24) is 49.5 Å². The Morgan fingerprint density at radius 3 is 0.803 bits per heavy atom. The molecule has 0 N–H and O–H groups in total. The van der Waals surface area contributed by atoms with Crippen LogP contribution in [0.4, 0.5) is 0 Å². The molecule has 71 heavy (non-hydrogen) atoms. The van der Waals surface area contributed by atoms with Gasteiger partial charge in [0.25, 0.3) is 0 Å². The predicted molar refractivity (Wildman–Crippen MR) is 258 cm³/mol. The number of rotatable bonds is 6. The Morgan fingerprint density at radius 2 is 0.549 bits per heavy atom. The molecule has 8 aromatic rings. The van der Waals surface area contributed by atoms with Crippen LogP contribution in [-0.2, 0) is 36.6 Å². The summed E-state index contributed by atoms with van der Waals surface area (Å²) in [6, 6.07) is 53.5. The van der Waals surface area contributed by atoms with Crippen molar-refractivity contribution in [3.8, 4) is 68.3 Å². The van der Waals surface area contributed by atoms with E-state index in [0.29, 0.717) is 61.4 Å². The summed E-state index contributed by atoms with van der Waals surface area (Å²) in [6.45, 7) is 1.82. The van der Waals surface area contributed by atoms with Crippen molar-refractivity contribution in [2.24, 2.45) is 0 Å². The van der Waals surface area contributed by atoms with Gasteiger partial charge < -0.3 is 0 Å². The molecule has 0 amide bonds. The first-order valence-electron chi connectivity index (χ1n) is 23.7. The van der Waals surface area contributed by atoms with Crippen LogP contribution in [0.2, 0.25) is 0 Å². The molecule has 4 atom stereocenters. The summed E-state index contributed by atoms with van der Waals surface area (Å²) < 4.78 is 29.7. The van der Waals surface area contributed by atoms with Crippen LogP contribution in [0.15, 0.2) is 181 Å². The Hall–Kier alpha value is -8.35. The van der Waals surface area contributed by atoms with E-state index in [9.17, 15) is 0 Å². The molecule has 2 aromatic heterocycles. The summed E-state index contributed by atoms with van der Waals surface area (Å²) in [5.41, 5.74) is 9.87. The maximum atomic E-state index is 6.82. The molecule has 14 nitrogen and oxygen atoms in total. The molecule has 15 heteroatoms. The van der Waals surface area contributed by atoms with Crippen LogP contribution in [0, 0.1) is 0 Å². The molecule has 4 unspecified atom stereocenters. The number of aromatic nitrogens is 6. The van der Waals surface area contributed by atoms with E-state index in [1.54, 1.807) is 0 Å². The zero-order valence-corrected chi connectivity index (χ0v) is 39.8. The summed E-state index contributed by atoms with van der Waals surface area (Å²) in [6.07, 6.45) is 0. The fraction of sp³-hybridized carbons (Fsp3) is 0.143. The van der Waals surface area contributed by atoms with Gasteiger partial charge in [-0.3, -0.25) is 0 Å². The van der Waals surface area contributed by atoms with Crippen LogP contribution in [-0.4, -0.2) is 84.2 Å². The van der Waals surface area contributed by atoms with E-state index in [1.165, 1.54) is 8.29 Å². The van der Waals surface area contributed by atoms with E-state index in [0.717, 1.165) is 79.2 Å². The van der Waals surface area contributed by atoms with E-state index >= 15 is 0 Å². The summed E-state index contributed by atoms with van der Waals surface area (Å²) in [5, 5.41) is 0. The third kappa shape index (κ3) is 5.97. The Bertz CT molecular complexity index is 3270. The minimum absolute atomic E-state index is 0.152.